The van der Waals surface area contributed by atoms with Gasteiger partial charge in [-0.25, -0.2) is 4.98 Å². The summed E-state index contributed by atoms with van der Waals surface area (Å²) in [6, 6.07) is 13.9. The number of methoxy groups -OCH3 is 1. The van der Waals surface area contributed by atoms with Crippen molar-refractivity contribution in [1.82, 2.24) is 15.2 Å². The molecule has 6 nitrogen and oxygen atoms in total. The minimum atomic E-state index is -0.638. The number of nitrogens with one attached hydrogen (secondary N) is 1. The van der Waals surface area contributed by atoms with Crippen LogP contribution in [0.2, 0.25) is 0 Å². The van der Waals surface area contributed by atoms with Gasteiger partial charge in [-0.3, -0.25) is 9.59 Å². The van der Waals surface area contributed by atoms with E-state index in [4.69, 9.17) is 4.74 Å². The number of hydrogen-bond donors (Lipinski definition) is 1. The smallest absolute Gasteiger partial charge is 0.251 e. The first kappa shape index (κ1) is 21.8. The van der Waals surface area contributed by atoms with Crippen molar-refractivity contribution in [3.8, 4) is 5.75 Å². The number of likely N-dealkylation sites (N-methyl/N-ethyl adjacent to an activating group) is 1. The molecule has 3 aromatic rings. The Hall–Kier alpha value is -2.93. The molecule has 0 spiro atoms. The zero-order chi connectivity index (χ0) is 21.8. The van der Waals surface area contributed by atoms with Crippen molar-refractivity contribution in [2.45, 2.75) is 32.9 Å². The van der Waals surface area contributed by atoms with Gasteiger partial charge in [-0.15, -0.1) is 11.3 Å². The Morgan fingerprint density at radius 1 is 1.07 bits per heavy atom. The molecule has 7 heteroatoms. The van der Waals surface area contributed by atoms with Crippen LogP contribution in [0, 0.1) is 5.92 Å². The summed E-state index contributed by atoms with van der Waals surface area (Å²) in [6.07, 6.45) is 0. The first-order valence-corrected chi connectivity index (χ1v) is 10.7. The van der Waals surface area contributed by atoms with Gasteiger partial charge in [0.2, 0.25) is 5.91 Å². The van der Waals surface area contributed by atoms with Crippen LogP contribution in [0.15, 0.2) is 48.5 Å². The molecule has 0 saturated heterocycles. The zero-order valence-corrected chi connectivity index (χ0v) is 18.7. The fourth-order valence-corrected chi connectivity index (χ4v) is 4.19. The summed E-state index contributed by atoms with van der Waals surface area (Å²) in [7, 11) is 3.33. The molecule has 3 rings (SSSR count). The van der Waals surface area contributed by atoms with Gasteiger partial charge in [0.15, 0.2) is 0 Å². The molecule has 2 atom stereocenters. The highest BCUT2D eigenvalue weighted by atomic mass is 32.1. The van der Waals surface area contributed by atoms with Gasteiger partial charge in [-0.05, 0) is 49.2 Å². The molecule has 2 amide bonds. The second-order valence-electron chi connectivity index (χ2n) is 7.57. The summed E-state index contributed by atoms with van der Waals surface area (Å²) in [5.74, 6) is 0.182. The van der Waals surface area contributed by atoms with E-state index in [-0.39, 0.29) is 23.8 Å². The fraction of sp³-hybridized carbons (Fsp3) is 0.348. The molecule has 0 aliphatic rings. The monoisotopic (exact) mass is 425 g/mol. The Kier molecular flexibility index (Phi) is 6.72. The molecule has 0 bridgehead atoms. The minimum Gasteiger partial charge on any atom is -0.497 e. The standard InChI is InChI=1S/C23H27N3O3S/c1-14(2)20(25-21(27)16-10-12-17(29-5)13-11-16)23(28)26(4)15(3)22-24-18-8-6-7-9-19(18)30-22/h6-15,20H,1-5H3,(H,25,27)/t15-,20+/m1/s1. The minimum absolute atomic E-state index is 0.0651. The quantitative estimate of drug-likeness (QED) is 0.613. The maximum atomic E-state index is 13.2. The van der Waals surface area contributed by atoms with E-state index in [1.807, 2.05) is 45.0 Å². The van der Waals surface area contributed by atoms with Gasteiger partial charge in [-0.2, -0.15) is 0 Å². The van der Waals surface area contributed by atoms with E-state index >= 15 is 0 Å². The summed E-state index contributed by atoms with van der Waals surface area (Å²) in [6.45, 7) is 5.80. The van der Waals surface area contributed by atoms with E-state index in [2.05, 4.69) is 10.3 Å². The van der Waals surface area contributed by atoms with E-state index < -0.39 is 6.04 Å². The molecule has 0 aliphatic heterocycles. The molecule has 0 fully saturated rings. The highest BCUT2D eigenvalue weighted by Crippen LogP contribution is 2.29. The van der Waals surface area contributed by atoms with Crippen LogP contribution in [0.25, 0.3) is 10.2 Å². The van der Waals surface area contributed by atoms with Gasteiger partial charge in [0.05, 0.1) is 23.4 Å². The van der Waals surface area contributed by atoms with E-state index in [1.165, 1.54) is 0 Å². The van der Waals surface area contributed by atoms with Crippen LogP contribution in [0.5, 0.6) is 5.75 Å². The maximum absolute atomic E-state index is 13.2. The van der Waals surface area contributed by atoms with Gasteiger partial charge >= 0.3 is 0 Å². The topological polar surface area (TPSA) is 71.5 Å². The number of benzene rings is 2. The Morgan fingerprint density at radius 2 is 1.73 bits per heavy atom. The van der Waals surface area contributed by atoms with E-state index in [9.17, 15) is 9.59 Å². The van der Waals surface area contributed by atoms with Crippen molar-refractivity contribution in [1.29, 1.82) is 0 Å². The van der Waals surface area contributed by atoms with Crippen molar-refractivity contribution in [3.63, 3.8) is 0 Å². The molecule has 0 unspecified atom stereocenters. The Labute approximate surface area is 180 Å². The van der Waals surface area contributed by atoms with Crippen LogP contribution in [-0.2, 0) is 4.79 Å². The summed E-state index contributed by atoms with van der Waals surface area (Å²) < 4.78 is 6.22. The van der Waals surface area contributed by atoms with Crippen molar-refractivity contribution in [3.05, 3.63) is 59.1 Å². The highest BCUT2D eigenvalue weighted by molar-refractivity contribution is 7.18. The normalized spacial score (nSPS) is 13.1. The van der Waals surface area contributed by atoms with Crippen LogP contribution in [0.4, 0.5) is 0 Å². The summed E-state index contributed by atoms with van der Waals surface area (Å²) in [5, 5.41) is 3.77. The molecule has 1 N–H and O–H groups in total. The molecule has 30 heavy (non-hydrogen) atoms. The van der Waals surface area contributed by atoms with Crippen LogP contribution in [-0.4, -0.2) is 41.9 Å². The third-order valence-corrected chi connectivity index (χ3v) is 6.37. The number of thiazole rings is 1. The molecular formula is C23H27N3O3S. The van der Waals surface area contributed by atoms with Crippen LogP contribution >= 0.6 is 11.3 Å². The molecule has 1 heterocycles. The van der Waals surface area contributed by atoms with Gasteiger partial charge in [0.1, 0.15) is 16.8 Å². The number of rotatable bonds is 7. The lowest BCUT2D eigenvalue weighted by atomic mass is 10.0. The summed E-state index contributed by atoms with van der Waals surface area (Å²) in [4.78, 5) is 32.3. The molecule has 2 aromatic carbocycles. The number of para-hydroxylation sites is 1. The largest absolute Gasteiger partial charge is 0.497 e. The Morgan fingerprint density at radius 3 is 2.33 bits per heavy atom. The Balaban J connectivity index is 1.75. The number of amides is 2. The number of aromatic nitrogens is 1. The lowest BCUT2D eigenvalue weighted by Gasteiger charge is -2.30. The predicted molar refractivity (Wildman–Crippen MR) is 120 cm³/mol. The summed E-state index contributed by atoms with van der Waals surface area (Å²) in [5.41, 5.74) is 1.41. The second-order valence-corrected chi connectivity index (χ2v) is 8.63. The van der Waals surface area contributed by atoms with Gasteiger partial charge in [0.25, 0.3) is 5.91 Å². The average Bonchev–Trinajstić information content (AvgIpc) is 3.20. The lowest BCUT2D eigenvalue weighted by Crippen LogP contribution is -2.50. The third-order valence-electron chi connectivity index (χ3n) is 5.17. The van der Waals surface area contributed by atoms with Gasteiger partial charge < -0.3 is 15.0 Å². The van der Waals surface area contributed by atoms with Crippen molar-refractivity contribution >= 4 is 33.4 Å². The number of fused-ring (bicyclic) bond motifs is 1. The maximum Gasteiger partial charge on any atom is 0.251 e. The van der Waals surface area contributed by atoms with Crippen molar-refractivity contribution in [2.75, 3.05) is 14.2 Å². The van der Waals surface area contributed by atoms with Crippen molar-refractivity contribution in [2.24, 2.45) is 5.92 Å². The van der Waals surface area contributed by atoms with Crippen LogP contribution in [0.1, 0.15) is 42.2 Å². The average molecular weight is 426 g/mol. The second kappa shape index (κ2) is 9.26. The number of ether oxygens (including phenoxy) is 1. The number of hydrogen-bond acceptors (Lipinski definition) is 5. The van der Waals surface area contributed by atoms with E-state index in [1.54, 1.807) is 54.7 Å². The molecule has 0 radical (unpaired) electrons. The highest BCUT2D eigenvalue weighted by Gasteiger charge is 2.30. The Bertz CT molecular complexity index is 997. The lowest BCUT2D eigenvalue weighted by molar-refractivity contribution is -0.135. The third kappa shape index (κ3) is 4.62. The number of carbonyl (C=O) groups excluding carboxylic acids is 2. The first-order chi connectivity index (χ1) is 14.3. The molecule has 0 saturated carbocycles. The number of nitrogens with zero attached hydrogens (tertiary/aromatic N) is 2. The van der Waals surface area contributed by atoms with E-state index in [0.29, 0.717) is 11.3 Å². The van der Waals surface area contributed by atoms with Crippen molar-refractivity contribution < 1.29 is 14.3 Å². The predicted octanol–water partition coefficient (Wildman–Crippen LogP) is 4.28. The fourth-order valence-electron chi connectivity index (χ4n) is 3.13. The molecule has 0 aliphatic carbocycles. The SMILES string of the molecule is COc1ccc(C(=O)N[C@H](C(=O)N(C)[C@H](C)c2nc3ccccc3s2)C(C)C)cc1. The zero-order valence-electron chi connectivity index (χ0n) is 17.9. The summed E-state index contributed by atoms with van der Waals surface area (Å²) >= 11 is 1.58. The number of carbonyl (C=O) groups is 2. The molecule has 158 valence electrons. The van der Waals surface area contributed by atoms with Gasteiger partial charge in [-0.1, -0.05) is 26.0 Å². The molecule has 1 aromatic heterocycles. The van der Waals surface area contributed by atoms with E-state index in [0.717, 1.165) is 15.2 Å². The van der Waals surface area contributed by atoms with Gasteiger partial charge in [0, 0.05) is 12.6 Å². The van der Waals surface area contributed by atoms with Crippen LogP contribution < -0.4 is 10.1 Å². The molecular weight excluding hydrogens is 398 g/mol. The van der Waals surface area contributed by atoms with Crippen LogP contribution in [0.3, 0.4) is 0 Å². The first-order valence-electron chi connectivity index (χ1n) is 9.89.